The summed E-state index contributed by atoms with van der Waals surface area (Å²) in [4.78, 5) is 3.38. The van der Waals surface area contributed by atoms with Crippen LogP contribution in [0.4, 0.5) is 13.2 Å². The van der Waals surface area contributed by atoms with Gasteiger partial charge in [-0.3, -0.25) is 0 Å². The Balaban J connectivity index is 2.65. The molecule has 0 aliphatic rings. The molecule has 0 unspecified atom stereocenters. The van der Waals surface area contributed by atoms with Gasteiger partial charge in [-0.25, -0.2) is 4.98 Å². The van der Waals surface area contributed by atoms with Gasteiger partial charge in [-0.1, -0.05) is 0 Å². The van der Waals surface area contributed by atoms with Gasteiger partial charge in [0.1, 0.15) is 5.76 Å². The summed E-state index contributed by atoms with van der Waals surface area (Å²) in [6.45, 7) is 1.54. The fraction of sp³-hybridized carbons (Fsp3) is 0.400. The molecule has 0 saturated carbocycles. The van der Waals surface area contributed by atoms with Crippen LogP contribution in [0.1, 0.15) is 5.76 Å². The standard InChI is InChI=1S/C5H4F3NOS/c1-3-2-9-4(10-3)11-5(6,7)8/h2H,1H3. The number of alkyl halides is 3. The zero-order valence-electron chi connectivity index (χ0n) is 5.47. The van der Waals surface area contributed by atoms with Gasteiger partial charge in [0.2, 0.25) is 0 Å². The monoisotopic (exact) mass is 183 g/mol. The SMILES string of the molecule is Cc1cnc(SC(F)(F)F)o1. The molecule has 0 atom stereocenters. The number of nitrogens with zero attached hydrogens (tertiary/aromatic N) is 1. The zero-order chi connectivity index (χ0) is 8.48. The lowest BCUT2D eigenvalue weighted by Gasteiger charge is -1.99. The first-order chi connectivity index (χ1) is 4.97. The highest BCUT2D eigenvalue weighted by Crippen LogP contribution is 2.35. The molecule has 11 heavy (non-hydrogen) atoms. The number of hydrogen-bond acceptors (Lipinski definition) is 3. The summed E-state index contributed by atoms with van der Waals surface area (Å²) in [5.41, 5.74) is -4.32. The minimum absolute atomic E-state index is 0.356. The number of aromatic nitrogens is 1. The van der Waals surface area contributed by atoms with Gasteiger partial charge in [0.15, 0.2) is 0 Å². The van der Waals surface area contributed by atoms with E-state index < -0.39 is 5.51 Å². The average molecular weight is 183 g/mol. The van der Waals surface area contributed by atoms with Crippen LogP contribution in [0.2, 0.25) is 0 Å². The van der Waals surface area contributed by atoms with Crippen molar-refractivity contribution in [1.82, 2.24) is 4.98 Å². The minimum atomic E-state index is -4.32. The molecule has 0 aliphatic carbocycles. The molecule has 1 heterocycles. The summed E-state index contributed by atoms with van der Waals surface area (Å²) in [5, 5.41) is -0.366. The highest BCUT2D eigenvalue weighted by Gasteiger charge is 2.31. The van der Waals surface area contributed by atoms with E-state index in [0.29, 0.717) is 5.76 Å². The average Bonchev–Trinajstić information content (AvgIpc) is 2.10. The predicted molar refractivity (Wildman–Crippen MR) is 33.2 cm³/mol. The van der Waals surface area contributed by atoms with Gasteiger partial charge in [0, 0.05) is 11.8 Å². The fourth-order valence-corrected chi connectivity index (χ4v) is 0.957. The van der Waals surface area contributed by atoms with Crippen LogP contribution in [-0.2, 0) is 0 Å². The molecule has 0 saturated heterocycles. The number of halogens is 3. The van der Waals surface area contributed by atoms with Crippen molar-refractivity contribution in [2.24, 2.45) is 0 Å². The normalized spacial score (nSPS) is 12.0. The molecule has 6 heteroatoms. The Morgan fingerprint density at radius 2 is 2.18 bits per heavy atom. The minimum Gasteiger partial charge on any atom is -0.437 e. The third-order valence-electron chi connectivity index (χ3n) is 0.803. The van der Waals surface area contributed by atoms with Crippen molar-refractivity contribution in [1.29, 1.82) is 0 Å². The van der Waals surface area contributed by atoms with Crippen LogP contribution in [0.5, 0.6) is 0 Å². The Morgan fingerprint density at radius 1 is 1.55 bits per heavy atom. The highest BCUT2D eigenvalue weighted by molar-refractivity contribution is 7.99. The topological polar surface area (TPSA) is 26.0 Å². The largest absolute Gasteiger partial charge is 0.450 e. The summed E-state index contributed by atoms with van der Waals surface area (Å²) in [7, 11) is 0. The molecule has 1 rings (SSSR count). The quantitative estimate of drug-likeness (QED) is 0.626. The van der Waals surface area contributed by atoms with Gasteiger partial charge in [-0.2, -0.15) is 13.2 Å². The van der Waals surface area contributed by atoms with E-state index in [4.69, 9.17) is 0 Å². The Labute approximate surface area is 64.8 Å². The van der Waals surface area contributed by atoms with Crippen molar-refractivity contribution in [3.05, 3.63) is 12.0 Å². The fourth-order valence-electron chi connectivity index (χ4n) is 0.480. The molecule has 0 amide bonds. The van der Waals surface area contributed by atoms with Gasteiger partial charge in [-0.15, -0.1) is 0 Å². The summed E-state index contributed by atoms with van der Waals surface area (Å²) in [6.07, 6.45) is 1.24. The Morgan fingerprint density at radius 3 is 2.55 bits per heavy atom. The van der Waals surface area contributed by atoms with E-state index in [-0.39, 0.29) is 17.0 Å². The summed E-state index contributed by atoms with van der Waals surface area (Å²) >= 11 is -0.356. The molecular weight excluding hydrogens is 179 g/mol. The Hall–Kier alpha value is -0.650. The predicted octanol–water partition coefficient (Wildman–Crippen LogP) is 2.59. The second kappa shape index (κ2) is 2.77. The number of aryl methyl sites for hydroxylation is 1. The molecule has 1 aromatic rings. The van der Waals surface area contributed by atoms with E-state index in [0.717, 1.165) is 0 Å². The molecular formula is C5H4F3NOS. The third kappa shape index (κ3) is 2.83. The van der Waals surface area contributed by atoms with E-state index in [9.17, 15) is 13.2 Å². The van der Waals surface area contributed by atoms with Gasteiger partial charge < -0.3 is 4.42 Å². The highest BCUT2D eigenvalue weighted by atomic mass is 32.2. The van der Waals surface area contributed by atoms with Gasteiger partial charge in [-0.05, 0) is 6.92 Å². The molecule has 0 N–H and O–H groups in total. The van der Waals surface area contributed by atoms with Crippen molar-refractivity contribution >= 4 is 11.8 Å². The van der Waals surface area contributed by atoms with Crippen LogP contribution in [0, 0.1) is 6.92 Å². The summed E-state index contributed by atoms with van der Waals surface area (Å²) < 4.78 is 39.4. The van der Waals surface area contributed by atoms with Gasteiger partial charge in [0.05, 0.1) is 6.20 Å². The molecule has 0 spiro atoms. The number of oxazole rings is 1. The first-order valence-corrected chi connectivity index (χ1v) is 3.47. The van der Waals surface area contributed by atoms with Crippen molar-refractivity contribution in [3.63, 3.8) is 0 Å². The van der Waals surface area contributed by atoms with Crippen molar-refractivity contribution < 1.29 is 17.6 Å². The van der Waals surface area contributed by atoms with E-state index in [1.54, 1.807) is 0 Å². The lowest BCUT2D eigenvalue weighted by molar-refractivity contribution is -0.0337. The maximum Gasteiger partial charge on any atom is 0.450 e. The lowest BCUT2D eigenvalue weighted by atomic mass is 10.6. The van der Waals surface area contributed by atoms with Crippen LogP contribution in [-0.4, -0.2) is 10.5 Å². The summed E-state index contributed by atoms with van der Waals surface area (Å²) in [6, 6.07) is 0. The van der Waals surface area contributed by atoms with E-state index in [1.165, 1.54) is 13.1 Å². The summed E-state index contributed by atoms with van der Waals surface area (Å²) in [5.74, 6) is 0.372. The van der Waals surface area contributed by atoms with E-state index >= 15 is 0 Å². The molecule has 0 radical (unpaired) electrons. The van der Waals surface area contributed by atoms with Crippen LogP contribution in [0.15, 0.2) is 15.8 Å². The smallest absolute Gasteiger partial charge is 0.437 e. The second-order valence-corrected chi connectivity index (χ2v) is 2.80. The number of rotatable bonds is 1. The van der Waals surface area contributed by atoms with Crippen LogP contribution >= 0.6 is 11.8 Å². The van der Waals surface area contributed by atoms with Crippen molar-refractivity contribution in [2.75, 3.05) is 0 Å². The first kappa shape index (κ1) is 8.45. The second-order valence-electron chi connectivity index (χ2n) is 1.78. The van der Waals surface area contributed by atoms with Crippen molar-refractivity contribution in [3.8, 4) is 0 Å². The maximum atomic E-state index is 11.6. The molecule has 0 fully saturated rings. The zero-order valence-corrected chi connectivity index (χ0v) is 6.29. The van der Waals surface area contributed by atoms with Crippen LogP contribution in [0.3, 0.4) is 0 Å². The molecule has 1 aromatic heterocycles. The number of thioether (sulfide) groups is 1. The first-order valence-electron chi connectivity index (χ1n) is 2.65. The molecule has 0 aliphatic heterocycles. The van der Waals surface area contributed by atoms with Gasteiger partial charge >= 0.3 is 5.51 Å². The lowest BCUT2D eigenvalue weighted by Crippen LogP contribution is -1.98. The molecule has 0 bridgehead atoms. The Bertz CT molecular complexity index is 244. The van der Waals surface area contributed by atoms with E-state index in [2.05, 4.69) is 9.40 Å². The third-order valence-corrected chi connectivity index (χ3v) is 1.40. The van der Waals surface area contributed by atoms with Gasteiger partial charge in [0.25, 0.3) is 5.22 Å². The van der Waals surface area contributed by atoms with Crippen molar-refractivity contribution in [2.45, 2.75) is 17.7 Å². The maximum absolute atomic E-state index is 11.6. The molecule has 62 valence electrons. The molecule has 2 nitrogen and oxygen atoms in total. The number of hydrogen-bond donors (Lipinski definition) is 0. The van der Waals surface area contributed by atoms with Crippen LogP contribution in [0.25, 0.3) is 0 Å². The molecule has 0 aromatic carbocycles. The van der Waals surface area contributed by atoms with Crippen LogP contribution < -0.4 is 0 Å². The Kier molecular flexibility index (Phi) is 2.12. The van der Waals surface area contributed by atoms with E-state index in [1.807, 2.05) is 0 Å².